The smallest absolute Gasteiger partial charge is 0.269 e. The van der Waals surface area contributed by atoms with Crippen LogP contribution in [0.25, 0.3) is 0 Å². The number of nitrogens with one attached hydrogen (secondary N) is 1. The molecule has 1 amide bonds. The fraction of sp³-hybridized carbons (Fsp3) is 0.714. The molecule has 1 aliphatic rings. The van der Waals surface area contributed by atoms with Crippen molar-refractivity contribution in [2.24, 2.45) is 18.9 Å². The van der Waals surface area contributed by atoms with Crippen molar-refractivity contribution in [3.8, 4) is 0 Å². The Morgan fingerprint density at radius 3 is 2.89 bits per heavy atom. The van der Waals surface area contributed by atoms with E-state index in [0.29, 0.717) is 23.4 Å². The Bertz CT molecular complexity index is 444. The molecule has 2 unspecified atom stereocenters. The molecule has 0 saturated heterocycles. The van der Waals surface area contributed by atoms with Crippen LogP contribution in [-0.2, 0) is 13.5 Å². The zero-order valence-corrected chi connectivity index (χ0v) is 12.4. The van der Waals surface area contributed by atoms with E-state index in [1.54, 1.807) is 4.68 Å². The maximum absolute atomic E-state index is 12.1. The fourth-order valence-electron chi connectivity index (χ4n) is 2.81. The third kappa shape index (κ3) is 3.30. The Labute approximate surface area is 119 Å². The van der Waals surface area contributed by atoms with E-state index in [9.17, 15) is 4.79 Å². The van der Waals surface area contributed by atoms with Crippen LogP contribution in [0.2, 0.25) is 0 Å². The van der Waals surface area contributed by atoms with Crippen LogP contribution in [-0.4, -0.2) is 28.1 Å². The van der Waals surface area contributed by atoms with Crippen molar-refractivity contribution < 1.29 is 4.79 Å². The maximum Gasteiger partial charge on any atom is 0.269 e. The molecule has 0 aromatic carbocycles. The average molecular weight is 284 g/mol. The number of aryl methyl sites for hydroxylation is 2. The number of aromatic nitrogens is 2. The molecule has 0 aliphatic heterocycles. The molecule has 1 saturated carbocycles. The Kier molecular flexibility index (Phi) is 4.86. The van der Waals surface area contributed by atoms with E-state index in [-0.39, 0.29) is 5.91 Å². The van der Waals surface area contributed by atoms with Crippen LogP contribution in [0.5, 0.6) is 0 Å². The Morgan fingerprint density at radius 2 is 2.26 bits per heavy atom. The summed E-state index contributed by atoms with van der Waals surface area (Å²) in [6.45, 7) is 2.76. The van der Waals surface area contributed by atoms with Gasteiger partial charge in [-0.2, -0.15) is 5.10 Å². The monoisotopic (exact) mass is 283 g/mol. The lowest BCUT2D eigenvalue weighted by Gasteiger charge is -2.17. The lowest BCUT2D eigenvalue weighted by molar-refractivity contribution is 0.0935. The van der Waals surface area contributed by atoms with E-state index in [1.807, 2.05) is 20.0 Å². The fourth-order valence-corrected chi connectivity index (χ4v) is 3.22. The van der Waals surface area contributed by atoms with Crippen LogP contribution < -0.4 is 5.32 Å². The van der Waals surface area contributed by atoms with Gasteiger partial charge in [0.15, 0.2) is 0 Å². The predicted octanol–water partition coefficient (Wildman–Crippen LogP) is 2.37. The van der Waals surface area contributed by atoms with Gasteiger partial charge in [-0.15, -0.1) is 11.6 Å². The molecular formula is C14H22ClN3O. The largest absolute Gasteiger partial charge is 0.350 e. The molecule has 1 aromatic rings. The third-order valence-corrected chi connectivity index (χ3v) is 4.46. The van der Waals surface area contributed by atoms with Gasteiger partial charge in [0, 0.05) is 19.5 Å². The van der Waals surface area contributed by atoms with Gasteiger partial charge in [-0.25, -0.2) is 0 Å². The second kappa shape index (κ2) is 6.42. The first kappa shape index (κ1) is 14.4. The van der Waals surface area contributed by atoms with E-state index >= 15 is 0 Å². The highest BCUT2D eigenvalue weighted by molar-refractivity contribution is 6.18. The third-order valence-electron chi connectivity index (χ3n) is 4.06. The lowest BCUT2D eigenvalue weighted by atomic mass is 9.98. The number of amides is 1. The molecule has 2 rings (SSSR count). The molecule has 106 valence electrons. The van der Waals surface area contributed by atoms with Crippen molar-refractivity contribution in [3.63, 3.8) is 0 Å². The summed E-state index contributed by atoms with van der Waals surface area (Å²) < 4.78 is 1.65. The maximum atomic E-state index is 12.1. The van der Waals surface area contributed by atoms with Crippen LogP contribution in [0, 0.1) is 11.8 Å². The summed E-state index contributed by atoms with van der Waals surface area (Å²) in [4.78, 5) is 12.1. The standard InChI is InChI=1S/C14H22ClN3O/c1-3-12-7-13(18(2)17-12)14(19)16-9-11-6-4-5-10(11)8-15/h7,10-11H,3-6,8-9H2,1-2H3,(H,16,19). The van der Waals surface area contributed by atoms with Crippen LogP contribution in [0.4, 0.5) is 0 Å². The molecule has 1 N–H and O–H groups in total. The summed E-state index contributed by atoms with van der Waals surface area (Å²) in [5.74, 6) is 1.75. The van der Waals surface area contributed by atoms with Gasteiger partial charge in [0.2, 0.25) is 0 Å². The molecule has 1 aromatic heterocycles. The second-order valence-electron chi connectivity index (χ2n) is 5.31. The highest BCUT2D eigenvalue weighted by Gasteiger charge is 2.27. The molecule has 19 heavy (non-hydrogen) atoms. The summed E-state index contributed by atoms with van der Waals surface area (Å²) in [6.07, 6.45) is 4.43. The molecule has 0 radical (unpaired) electrons. The van der Waals surface area contributed by atoms with Crippen molar-refractivity contribution >= 4 is 17.5 Å². The zero-order valence-electron chi connectivity index (χ0n) is 11.7. The summed E-state index contributed by atoms with van der Waals surface area (Å²) in [5.41, 5.74) is 1.59. The number of carbonyl (C=O) groups is 1. The van der Waals surface area contributed by atoms with Gasteiger partial charge >= 0.3 is 0 Å². The van der Waals surface area contributed by atoms with Gasteiger partial charge in [0.1, 0.15) is 5.69 Å². The number of carbonyl (C=O) groups excluding carboxylic acids is 1. The number of hydrogen-bond donors (Lipinski definition) is 1. The Balaban J connectivity index is 1.92. The number of hydrogen-bond acceptors (Lipinski definition) is 2. The van der Waals surface area contributed by atoms with Gasteiger partial charge in [0.05, 0.1) is 5.69 Å². The quantitative estimate of drug-likeness (QED) is 0.844. The van der Waals surface area contributed by atoms with Gasteiger partial charge in [-0.05, 0) is 37.2 Å². The minimum absolute atomic E-state index is 0.0325. The first-order chi connectivity index (χ1) is 9.15. The Hall–Kier alpha value is -1.03. The highest BCUT2D eigenvalue weighted by atomic mass is 35.5. The van der Waals surface area contributed by atoms with Crippen molar-refractivity contribution in [2.45, 2.75) is 32.6 Å². The van der Waals surface area contributed by atoms with Crippen LogP contribution in [0.3, 0.4) is 0 Å². The van der Waals surface area contributed by atoms with Crippen molar-refractivity contribution in [3.05, 3.63) is 17.5 Å². The van der Waals surface area contributed by atoms with Crippen LogP contribution in [0.15, 0.2) is 6.07 Å². The molecule has 1 heterocycles. The molecule has 5 heteroatoms. The number of rotatable bonds is 5. The first-order valence-electron chi connectivity index (χ1n) is 7.02. The van der Waals surface area contributed by atoms with Gasteiger partial charge in [-0.3, -0.25) is 9.48 Å². The van der Waals surface area contributed by atoms with Crippen molar-refractivity contribution in [1.29, 1.82) is 0 Å². The summed E-state index contributed by atoms with van der Waals surface area (Å²) in [6, 6.07) is 1.86. The topological polar surface area (TPSA) is 46.9 Å². The summed E-state index contributed by atoms with van der Waals surface area (Å²) in [7, 11) is 1.81. The highest BCUT2D eigenvalue weighted by Crippen LogP contribution is 2.31. The minimum atomic E-state index is -0.0325. The van der Waals surface area contributed by atoms with Crippen molar-refractivity contribution in [1.82, 2.24) is 15.1 Å². The van der Waals surface area contributed by atoms with Crippen molar-refractivity contribution in [2.75, 3.05) is 12.4 Å². The SMILES string of the molecule is CCc1cc(C(=O)NCC2CCCC2CCl)n(C)n1. The molecule has 1 fully saturated rings. The van der Waals surface area contributed by atoms with Gasteiger partial charge < -0.3 is 5.32 Å². The van der Waals surface area contributed by atoms with Crippen LogP contribution >= 0.6 is 11.6 Å². The summed E-state index contributed by atoms with van der Waals surface area (Å²) in [5, 5.41) is 7.32. The van der Waals surface area contributed by atoms with Gasteiger partial charge in [-0.1, -0.05) is 13.3 Å². The van der Waals surface area contributed by atoms with E-state index in [1.165, 1.54) is 19.3 Å². The minimum Gasteiger partial charge on any atom is -0.350 e. The number of halogens is 1. The Morgan fingerprint density at radius 1 is 1.53 bits per heavy atom. The predicted molar refractivity (Wildman–Crippen MR) is 76.5 cm³/mol. The molecular weight excluding hydrogens is 262 g/mol. The molecule has 4 nitrogen and oxygen atoms in total. The molecule has 0 bridgehead atoms. The normalized spacial score (nSPS) is 22.7. The van der Waals surface area contributed by atoms with Gasteiger partial charge in [0.25, 0.3) is 5.91 Å². The molecule has 2 atom stereocenters. The first-order valence-corrected chi connectivity index (χ1v) is 7.56. The molecule has 1 aliphatic carbocycles. The average Bonchev–Trinajstić information content (AvgIpc) is 3.01. The van der Waals surface area contributed by atoms with E-state index in [4.69, 9.17) is 11.6 Å². The van der Waals surface area contributed by atoms with E-state index in [2.05, 4.69) is 10.4 Å². The zero-order chi connectivity index (χ0) is 13.8. The van der Waals surface area contributed by atoms with E-state index < -0.39 is 0 Å². The van der Waals surface area contributed by atoms with E-state index in [0.717, 1.165) is 18.7 Å². The molecule has 0 spiro atoms. The number of nitrogens with zero attached hydrogens (tertiary/aromatic N) is 2. The summed E-state index contributed by atoms with van der Waals surface area (Å²) >= 11 is 5.96. The number of alkyl halides is 1. The lowest BCUT2D eigenvalue weighted by Crippen LogP contribution is -2.32. The van der Waals surface area contributed by atoms with Crippen LogP contribution in [0.1, 0.15) is 42.4 Å². The second-order valence-corrected chi connectivity index (χ2v) is 5.62.